The zero-order valence-corrected chi connectivity index (χ0v) is 19.9. The van der Waals surface area contributed by atoms with Crippen molar-refractivity contribution in [3.05, 3.63) is 99.0 Å². The predicted molar refractivity (Wildman–Crippen MR) is 132 cm³/mol. The Kier molecular flexibility index (Phi) is 5.42. The van der Waals surface area contributed by atoms with Crippen LogP contribution in [0.4, 0.5) is 0 Å². The molecule has 0 bridgehead atoms. The number of halogens is 2. The molecular formula is C25H18Br2N4. The number of rotatable bonds is 4. The fourth-order valence-corrected chi connectivity index (χ4v) is 4.45. The van der Waals surface area contributed by atoms with Crippen molar-refractivity contribution in [1.29, 1.82) is 0 Å². The summed E-state index contributed by atoms with van der Waals surface area (Å²) in [6.45, 7) is 2.01. The molecule has 6 heteroatoms. The average Bonchev–Trinajstić information content (AvgIpc) is 3.17. The van der Waals surface area contributed by atoms with Gasteiger partial charge in [0.2, 0.25) is 0 Å². The maximum absolute atomic E-state index is 4.99. The molecule has 0 aliphatic heterocycles. The summed E-state index contributed by atoms with van der Waals surface area (Å²) in [5.74, 6) is 0.895. The SMILES string of the molecule is Cc1ccc2cc(-c3nc(Cc4cccc(Br)c4)[nH]c3-c3cccc(Br)n3)ccc2n1. The van der Waals surface area contributed by atoms with Gasteiger partial charge in [-0.15, -0.1) is 0 Å². The van der Waals surface area contributed by atoms with E-state index in [0.717, 1.165) is 54.1 Å². The molecule has 0 aliphatic carbocycles. The molecule has 0 spiro atoms. The number of imidazole rings is 1. The monoisotopic (exact) mass is 532 g/mol. The maximum atomic E-state index is 4.99. The molecule has 0 radical (unpaired) electrons. The van der Waals surface area contributed by atoms with Crippen LogP contribution in [-0.2, 0) is 6.42 Å². The molecule has 0 fully saturated rings. The standard InChI is InChI=1S/C25H18Br2N4/c1-15-8-9-17-14-18(10-11-20(17)28-15)24-25(21-6-3-7-22(27)29-21)31-23(30-24)13-16-4-2-5-19(26)12-16/h2-12,14H,13H2,1H3,(H,30,31). The van der Waals surface area contributed by atoms with Gasteiger partial charge < -0.3 is 4.98 Å². The van der Waals surface area contributed by atoms with Crippen LogP contribution in [0, 0.1) is 6.92 Å². The second-order valence-corrected chi connectivity index (χ2v) is 9.15. The molecule has 152 valence electrons. The Balaban J connectivity index is 1.64. The van der Waals surface area contributed by atoms with Crippen LogP contribution >= 0.6 is 31.9 Å². The van der Waals surface area contributed by atoms with Gasteiger partial charge in [-0.25, -0.2) is 9.97 Å². The van der Waals surface area contributed by atoms with E-state index in [0.29, 0.717) is 6.42 Å². The van der Waals surface area contributed by atoms with Crippen LogP contribution in [0.3, 0.4) is 0 Å². The summed E-state index contributed by atoms with van der Waals surface area (Å²) in [7, 11) is 0. The number of hydrogen-bond donors (Lipinski definition) is 1. The lowest BCUT2D eigenvalue weighted by molar-refractivity contribution is 1.03. The largest absolute Gasteiger partial charge is 0.340 e. The number of aromatic amines is 1. The number of aryl methyl sites for hydroxylation is 1. The second-order valence-electron chi connectivity index (χ2n) is 7.42. The van der Waals surface area contributed by atoms with E-state index in [1.165, 1.54) is 5.56 Å². The highest BCUT2D eigenvalue weighted by Gasteiger charge is 2.16. The number of hydrogen-bond acceptors (Lipinski definition) is 3. The minimum absolute atomic E-state index is 0.703. The average molecular weight is 534 g/mol. The van der Waals surface area contributed by atoms with Gasteiger partial charge in [-0.05, 0) is 70.9 Å². The van der Waals surface area contributed by atoms with Gasteiger partial charge in [0.15, 0.2) is 0 Å². The predicted octanol–water partition coefficient (Wildman–Crippen LogP) is 7.11. The number of pyridine rings is 2. The van der Waals surface area contributed by atoms with E-state index >= 15 is 0 Å². The molecule has 31 heavy (non-hydrogen) atoms. The Morgan fingerprint density at radius 3 is 2.55 bits per heavy atom. The summed E-state index contributed by atoms with van der Waals surface area (Å²) in [6.07, 6.45) is 0.703. The molecule has 5 aromatic rings. The highest BCUT2D eigenvalue weighted by molar-refractivity contribution is 9.10. The topological polar surface area (TPSA) is 54.5 Å². The minimum atomic E-state index is 0.703. The number of nitrogens with one attached hydrogen (secondary N) is 1. The molecule has 0 atom stereocenters. The van der Waals surface area contributed by atoms with Gasteiger partial charge >= 0.3 is 0 Å². The molecule has 2 aromatic carbocycles. The summed E-state index contributed by atoms with van der Waals surface area (Å²) >= 11 is 7.04. The lowest BCUT2D eigenvalue weighted by atomic mass is 10.1. The first-order chi connectivity index (χ1) is 15.0. The van der Waals surface area contributed by atoms with Crippen molar-refractivity contribution in [2.75, 3.05) is 0 Å². The molecule has 1 N–H and O–H groups in total. The number of benzene rings is 2. The van der Waals surface area contributed by atoms with Crippen LogP contribution in [0.15, 0.2) is 81.9 Å². The zero-order chi connectivity index (χ0) is 21.4. The molecule has 0 aliphatic rings. The summed E-state index contributed by atoms with van der Waals surface area (Å²) in [4.78, 5) is 17.8. The van der Waals surface area contributed by atoms with Crippen LogP contribution in [-0.4, -0.2) is 19.9 Å². The van der Waals surface area contributed by atoms with Crippen molar-refractivity contribution < 1.29 is 0 Å². The van der Waals surface area contributed by atoms with E-state index in [2.05, 4.69) is 83.2 Å². The van der Waals surface area contributed by atoms with Gasteiger partial charge in [0.05, 0.1) is 22.6 Å². The molecule has 0 amide bonds. The molecule has 0 saturated heterocycles. The van der Waals surface area contributed by atoms with Crippen molar-refractivity contribution in [3.63, 3.8) is 0 Å². The van der Waals surface area contributed by atoms with Gasteiger partial charge in [0, 0.05) is 27.5 Å². The van der Waals surface area contributed by atoms with Crippen LogP contribution in [0.25, 0.3) is 33.5 Å². The molecule has 3 heterocycles. The Morgan fingerprint density at radius 2 is 1.71 bits per heavy atom. The normalized spacial score (nSPS) is 11.2. The molecule has 4 nitrogen and oxygen atoms in total. The van der Waals surface area contributed by atoms with Crippen molar-refractivity contribution in [1.82, 2.24) is 19.9 Å². The minimum Gasteiger partial charge on any atom is -0.340 e. The number of fused-ring (bicyclic) bond motifs is 1. The Hall–Kier alpha value is -2.83. The fourth-order valence-electron chi connectivity index (χ4n) is 3.66. The third-order valence-electron chi connectivity index (χ3n) is 5.09. The highest BCUT2D eigenvalue weighted by atomic mass is 79.9. The van der Waals surface area contributed by atoms with Gasteiger partial charge in [-0.1, -0.05) is 46.3 Å². The third-order valence-corrected chi connectivity index (χ3v) is 6.02. The van der Waals surface area contributed by atoms with E-state index in [1.54, 1.807) is 0 Å². The Bertz CT molecular complexity index is 1410. The number of H-pyrrole nitrogens is 1. The Morgan fingerprint density at radius 1 is 0.839 bits per heavy atom. The molecule has 3 aromatic heterocycles. The van der Waals surface area contributed by atoms with Crippen molar-refractivity contribution in [2.24, 2.45) is 0 Å². The highest BCUT2D eigenvalue weighted by Crippen LogP contribution is 2.32. The summed E-state index contributed by atoms with van der Waals surface area (Å²) < 4.78 is 1.85. The molecule has 0 saturated carbocycles. The quantitative estimate of drug-likeness (QED) is 0.250. The van der Waals surface area contributed by atoms with E-state index in [-0.39, 0.29) is 0 Å². The van der Waals surface area contributed by atoms with Crippen molar-refractivity contribution >= 4 is 42.8 Å². The lowest BCUT2D eigenvalue weighted by Gasteiger charge is -2.05. The first kappa shape index (κ1) is 20.1. The van der Waals surface area contributed by atoms with E-state index < -0.39 is 0 Å². The van der Waals surface area contributed by atoms with Crippen molar-refractivity contribution in [2.45, 2.75) is 13.3 Å². The third kappa shape index (κ3) is 4.31. The Labute approximate surface area is 197 Å². The summed E-state index contributed by atoms with van der Waals surface area (Å²) in [6, 6.07) is 24.6. The number of nitrogens with zero attached hydrogens (tertiary/aromatic N) is 3. The van der Waals surface area contributed by atoms with Gasteiger partial charge in [-0.2, -0.15) is 0 Å². The van der Waals surface area contributed by atoms with Crippen LogP contribution < -0.4 is 0 Å². The zero-order valence-electron chi connectivity index (χ0n) is 16.7. The van der Waals surface area contributed by atoms with Crippen LogP contribution in [0.1, 0.15) is 17.1 Å². The first-order valence-corrected chi connectivity index (χ1v) is 11.5. The maximum Gasteiger partial charge on any atom is 0.111 e. The molecular weight excluding hydrogens is 516 g/mol. The van der Waals surface area contributed by atoms with E-state index in [4.69, 9.17) is 4.98 Å². The van der Waals surface area contributed by atoms with E-state index in [1.807, 2.05) is 43.3 Å². The van der Waals surface area contributed by atoms with Gasteiger partial charge in [0.25, 0.3) is 0 Å². The lowest BCUT2D eigenvalue weighted by Crippen LogP contribution is -1.91. The van der Waals surface area contributed by atoms with Crippen LogP contribution in [0.2, 0.25) is 0 Å². The smallest absolute Gasteiger partial charge is 0.111 e. The van der Waals surface area contributed by atoms with Gasteiger partial charge in [0.1, 0.15) is 10.4 Å². The molecule has 5 rings (SSSR count). The fraction of sp³-hybridized carbons (Fsp3) is 0.0800. The van der Waals surface area contributed by atoms with Crippen molar-refractivity contribution in [3.8, 4) is 22.6 Å². The molecule has 0 unspecified atom stereocenters. The van der Waals surface area contributed by atoms with Gasteiger partial charge in [-0.3, -0.25) is 4.98 Å². The van der Waals surface area contributed by atoms with Crippen LogP contribution in [0.5, 0.6) is 0 Å². The first-order valence-electron chi connectivity index (χ1n) is 9.89. The number of aromatic nitrogens is 4. The van der Waals surface area contributed by atoms with E-state index in [9.17, 15) is 0 Å². The second kappa shape index (κ2) is 8.36. The summed E-state index contributed by atoms with van der Waals surface area (Å²) in [5.41, 5.74) is 6.85. The summed E-state index contributed by atoms with van der Waals surface area (Å²) in [5, 5.41) is 1.09.